The molecule has 0 radical (unpaired) electrons. The van der Waals surface area contributed by atoms with Crippen LogP contribution in [0.15, 0.2) is 0 Å². The molecular weight excluding hydrogens is 148 g/mol. The monoisotopic (exact) mass is 170 g/mol. The van der Waals surface area contributed by atoms with E-state index in [0.717, 1.165) is 19.4 Å². The third-order valence-corrected chi connectivity index (χ3v) is 2.39. The maximum atomic E-state index is 5.90. The molecule has 0 aromatic heterocycles. The molecule has 1 aliphatic rings. The van der Waals surface area contributed by atoms with Crippen LogP contribution in [-0.4, -0.2) is 18.6 Å². The topological polar surface area (TPSA) is 38.0 Å². The van der Waals surface area contributed by atoms with Gasteiger partial charge < -0.3 is 11.1 Å². The fraction of sp³-hybridized carbons (Fsp3) is 1.00. The molecule has 2 heteroatoms. The Morgan fingerprint density at radius 1 is 1.42 bits per heavy atom. The minimum atomic E-state index is 0.425. The predicted molar refractivity (Wildman–Crippen MR) is 53.1 cm³/mol. The Balaban J connectivity index is 2.32. The van der Waals surface area contributed by atoms with Crippen molar-refractivity contribution in [1.29, 1.82) is 0 Å². The van der Waals surface area contributed by atoms with E-state index >= 15 is 0 Å². The highest BCUT2D eigenvalue weighted by Gasteiger charge is 2.23. The number of rotatable bonds is 1. The lowest BCUT2D eigenvalue weighted by atomic mass is 9.84. The molecule has 2 nitrogen and oxygen atoms in total. The molecule has 1 rings (SSSR count). The van der Waals surface area contributed by atoms with Crippen molar-refractivity contribution in [3.05, 3.63) is 0 Å². The summed E-state index contributed by atoms with van der Waals surface area (Å²) in [5.41, 5.74) is 6.33. The average Bonchev–Trinajstić information content (AvgIpc) is 1.82. The van der Waals surface area contributed by atoms with E-state index in [4.69, 9.17) is 5.73 Å². The van der Waals surface area contributed by atoms with Gasteiger partial charge in [0.2, 0.25) is 0 Å². The smallest absolute Gasteiger partial charge is 0.00867 e. The van der Waals surface area contributed by atoms with Gasteiger partial charge in [-0.05, 0) is 31.2 Å². The average molecular weight is 170 g/mol. The van der Waals surface area contributed by atoms with E-state index in [1.54, 1.807) is 0 Å². The zero-order valence-electron chi connectivity index (χ0n) is 8.56. The molecule has 0 saturated carbocycles. The molecular formula is C10H22N2. The third kappa shape index (κ3) is 3.55. The summed E-state index contributed by atoms with van der Waals surface area (Å²) in [6.45, 7) is 7.96. The Morgan fingerprint density at radius 2 is 2.08 bits per heavy atom. The standard InChI is InChI=1S/C10H22N2/c1-10(2,3)7-9-6-8(11)4-5-12-9/h8-9,12H,4-7,11H2,1-3H3. The highest BCUT2D eigenvalue weighted by Crippen LogP contribution is 2.24. The van der Waals surface area contributed by atoms with Crippen LogP contribution in [0.5, 0.6) is 0 Å². The van der Waals surface area contributed by atoms with Gasteiger partial charge >= 0.3 is 0 Å². The lowest BCUT2D eigenvalue weighted by molar-refractivity contribution is 0.260. The Labute approximate surface area is 75.9 Å². The summed E-state index contributed by atoms with van der Waals surface area (Å²) in [4.78, 5) is 0. The van der Waals surface area contributed by atoms with Crippen LogP contribution in [0.4, 0.5) is 0 Å². The number of hydrogen-bond donors (Lipinski definition) is 2. The van der Waals surface area contributed by atoms with Gasteiger partial charge in [-0.25, -0.2) is 0 Å². The fourth-order valence-corrected chi connectivity index (χ4v) is 1.93. The Morgan fingerprint density at radius 3 is 2.58 bits per heavy atom. The predicted octanol–water partition coefficient (Wildman–Crippen LogP) is 1.50. The van der Waals surface area contributed by atoms with E-state index in [2.05, 4.69) is 26.1 Å². The van der Waals surface area contributed by atoms with Crippen LogP contribution in [0.3, 0.4) is 0 Å². The zero-order chi connectivity index (χ0) is 9.19. The van der Waals surface area contributed by atoms with E-state index < -0.39 is 0 Å². The summed E-state index contributed by atoms with van der Waals surface area (Å²) in [5.74, 6) is 0. The molecule has 0 aromatic rings. The first kappa shape index (κ1) is 10.0. The van der Waals surface area contributed by atoms with Crippen molar-refractivity contribution in [3.63, 3.8) is 0 Å². The maximum absolute atomic E-state index is 5.90. The molecule has 12 heavy (non-hydrogen) atoms. The highest BCUT2D eigenvalue weighted by atomic mass is 14.9. The molecule has 1 heterocycles. The largest absolute Gasteiger partial charge is 0.328 e. The molecule has 72 valence electrons. The van der Waals surface area contributed by atoms with Gasteiger partial charge in [0, 0.05) is 12.1 Å². The maximum Gasteiger partial charge on any atom is 0.00867 e. The lowest BCUT2D eigenvalue weighted by Crippen LogP contribution is -2.45. The van der Waals surface area contributed by atoms with Crippen molar-refractivity contribution < 1.29 is 0 Å². The Bertz CT molecular complexity index is 137. The molecule has 2 unspecified atom stereocenters. The van der Waals surface area contributed by atoms with E-state index in [1.807, 2.05) is 0 Å². The molecule has 1 saturated heterocycles. The van der Waals surface area contributed by atoms with Gasteiger partial charge in [0.1, 0.15) is 0 Å². The first-order chi connectivity index (χ1) is 5.47. The summed E-state index contributed by atoms with van der Waals surface area (Å²) in [6, 6.07) is 1.08. The summed E-state index contributed by atoms with van der Waals surface area (Å²) in [7, 11) is 0. The molecule has 1 aliphatic heterocycles. The number of nitrogens with two attached hydrogens (primary N) is 1. The first-order valence-electron chi connectivity index (χ1n) is 4.96. The van der Waals surface area contributed by atoms with Gasteiger partial charge in [0.15, 0.2) is 0 Å². The molecule has 0 bridgehead atoms. The molecule has 1 fully saturated rings. The second kappa shape index (κ2) is 3.75. The van der Waals surface area contributed by atoms with E-state index in [0.29, 0.717) is 17.5 Å². The second-order valence-corrected chi connectivity index (χ2v) is 5.20. The van der Waals surface area contributed by atoms with Crippen molar-refractivity contribution in [2.24, 2.45) is 11.1 Å². The fourth-order valence-electron chi connectivity index (χ4n) is 1.93. The first-order valence-corrected chi connectivity index (χ1v) is 4.96. The molecule has 0 aromatic carbocycles. The number of nitrogens with one attached hydrogen (secondary N) is 1. The summed E-state index contributed by atoms with van der Waals surface area (Å²) < 4.78 is 0. The normalized spacial score (nSPS) is 32.0. The minimum Gasteiger partial charge on any atom is -0.328 e. The van der Waals surface area contributed by atoms with Gasteiger partial charge in [-0.3, -0.25) is 0 Å². The van der Waals surface area contributed by atoms with Crippen molar-refractivity contribution >= 4 is 0 Å². The zero-order valence-corrected chi connectivity index (χ0v) is 8.56. The highest BCUT2D eigenvalue weighted by molar-refractivity contribution is 4.83. The van der Waals surface area contributed by atoms with Crippen molar-refractivity contribution in [2.75, 3.05) is 6.54 Å². The quantitative estimate of drug-likeness (QED) is 0.626. The summed E-state index contributed by atoms with van der Waals surface area (Å²) in [6.07, 6.45) is 3.53. The number of piperidine rings is 1. The molecule has 0 spiro atoms. The number of hydrogen-bond acceptors (Lipinski definition) is 2. The molecule has 0 amide bonds. The van der Waals surface area contributed by atoms with Crippen LogP contribution < -0.4 is 11.1 Å². The third-order valence-electron chi connectivity index (χ3n) is 2.39. The molecule has 2 atom stereocenters. The summed E-state index contributed by atoms with van der Waals surface area (Å²) in [5, 5.41) is 3.53. The van der Waals surface area contributed by atoms with Gasteiger partial charge in [0.05, 0.1) is 0 Å². The van der Waals surface area contributed by atoms with Crippen LogP contribution >= 0.6 is 0 Å². The van der Waals surface area contributed by atoms with E-state index in [1.165, 1.54) is 6.42 Å². The Kier molecular flexibility index (Phi) is 3.13. The van der Waals surface area contributed by atoms with Crippen molar-refractivity contribution in [1.82, 2.24) is 5.32 Å². The van der Waals surface area contributed by atoms with E-state index in [-0.39, 0.29) is 0 Å². The van der Waals surface area contributed by atoms with Crippen LogP contribution in [0.2, 0.25) is 0 Å². The minimum absolute atomic E-state index is 0.425. The molecule has 3 N–H and O–H groups in total. The van der Waals surface area contributed by atoms with Gasteiger partial charge in [0.25, 0.3) is 0 Å². The lowest BCUT2D eigenvalue weighted by Gasteiger charge is -2.32. The SMILES string of the molecule is CC(C)(C)CC1CC(N)CCN1. The Hall–Kier alpha value is -0.0800. The van der Waals surface area contributed by atoms with Gasteiger partial charge in [-0.15, -0.1) is 0 Å². The van der Waals surface area contributed by atoms with Gasteiger partial charge in [-0.1, -0.05) is 20.8 Å². The van der Waals surface area contributed by atoms with Crippen molar-refractivity contribution in [2.45, 2.75) is 52.1 Å². The van der Waals surface area contributed by atoms with Crippen LogP contribution in [0.25, 0.3) is 0 Å². The van der Waals surface area contributed by atoms with Crippen LogP contribution in [0.1, 0.15) is 40.0 Å². The second-order valence-electron chi connectivity index (χ2n) is 5.20. The van der Waals surface area contributed by atoms with Gasteiger partial charge in [-0.2, -0.15) is 0 Å². The molecule has 0 aliphatic carbocycles. The van der Waals surface area contributed by atoms with Crippen molar-refractivity contribution in [3.8, 4) is 0 Å². The van der Waals surface area contributed by atoms with E-state index in [9.17, 15) is 0 Å². The van der Waals surface area contributed by atoms with Crippen LogP contribution in [-0.2, 0) is 0 Å². The summed E-state index contributed by atoms with van der Waals surface area (Å²) >= 11 is 0. The van der Waals surface area contributed by atoms with Crippen LogP contribution in [0, 0.1) is 5.41 Å².